The number of nitrogens with one attached hydrogen (secondary N) is 1. The van der Waals surface area contributed by atoms with E-state index in [1.165, 1.54) is 12.1 Å². The summed E-state index contributed by atoms with van der Waals surface area (Å²) in [6.45, 7) is 3.84. The fourth-order valence-electron chi connectivity index (χ4n) is 3.82. The van der Waals surface area contributed by atoms with Crippen LogP contribution in [0.4, 0.5) is 0 Å². The van der Waals surface area contributed by atoms with E-state index in [4.69, 9.17) is 0 Å². The fraction of sp³-hybridized carbons (Fsp3) is 0.435. The lowest BCUT2D eigenvalue weighted by atomic mass is 10.0. The normalized spacial score (nSPS) is 18.9. The molecule has 0 spiro atoms. The van der Waals surface area contributed by atoms with Crippen molar-refractivity contribution in [3.8, 4) is 0 Å². The predicted molar refractivity (Wildman–Crippen MR) is 119 cm³/mol. The number of carbonyl (C=O) groups excluding carboxylic acids is 1. The van der Waals surface area contributed by atoms with E-state index in [9.17, 15) is 13.2 Å². The summed E-state index contributed by atoms with van der Waals surface area (Å²) in [5, 5.41) is 3.07. The lowest BCUT2D eigenvalue weighted by Gasteiger charge is -2.30. The summed E-state index contributed by atoms with van der Waals surface area (Å²) < 4.78 is 27.4. The number of hydrogen-bond acceptors (Lipinski definition) is 4. The van der Waals surface area contributed by atoms with Crippen LogP contribution in [0.15, 0.2) is 59.5 Å². The van der Waals surface area contributed by atoms with E-state index in [-0.39, 0.29) is 16.8 Å². The Balaban J connectivity index is 1.74. The highest BCUT2D eigenvalue weighted by Gasteiger charge is 2.28. The SMILES string of the molecule is C[C@H]1CCCN(S(=O)(=O)c2ccc(C(=O)N[C@H](CN(C)C)c3ccccc3)cc2)C1. The molecule has 3 rings (SSSR count). The molecule has 162 valence electrons. The number of piperidine rings is 1. The molecule has 2 aromatic carbocycles. The van der Waals surface area contributed by atoms with Gasteiger partial charge in [0.2, 0.25) is 10.0 Å². The second-order valence-electron chi connectivity index (χ2n) is 8.33. The molecule has 2 aromatic rings. The van der Waals surface area contributed by atoms with Crippen LogP contribution in [0.25, 0.3) is 0 Å². The van der Waals surface area contributed by atoms with Crippen LogP contribution in [0.5, 0.6) is 0 Å². The van der Waals surface area contributed by atoms with Gasteiger partial charge in [-0.2, -0.15) is 4.31 Å². The number of amides is 1. The monoisotopic (exact) mass is 429 g/mol. The molecule has 0 saturated carbocycles. The van der Waals surface area contributed by atoms with Gasteiger partial charge in [0, 0.05) is 25.2 Å². The maximum absolute atomic E-state index is 12.9. The highest BCUT2D eigenvalue weighted by molar-refractivity contribution is 7.89. The molecule has 7 heteroatoms. The maximum atomic E-state index is 12.9. The minimum atomic E-state index is -3.52. The Morgan fingerprint density at radius 2 is 1.80 bits per heavy atom. The summed E-state index contributed by atoms with van der Waals surface area (Å²) in [4.78, 5) is 15.1. The van der Waals surface area contributed by atoms with Gasteiger partial charge in [-0.15, -0.1) is 0 Å². The molecule has 1 fully saturated rings. The van der Waals surface area contributed by atoms with Crippen molar-refractivity contribution < 1.29 is 13.2 Å². The zero-order chi connectivity index (χ0) is 21.7. The molecular weight excluding hydrogens is 398 g/mol. The number of benzene rings is 2. The second-order valence-corrected chi connectivity index (χ2v) is 10.3. The molecule has 0 aliphatic carbocycles. The van der Waals surface area contributed by atoms with Gasteiger partial charge in [0.1, 0.15) is 0 Å². The molecule has 1 amide bonds. The number of rotatable bonds is 7. The molecule has 1 aliphatic heterocycles. The van der Waals surface area contributed by atoms with Crippen LogP contribution < -0.4 is 5.32 Å². The van der Waals surface area contributed by atoms with Gasteiger partial charge in [-0.25, -0.2) is 8.42 Å². The van der Waals surface area contributed by atoms with Crippen LogP contribution in [-0.2, 0) is 10.0 Å². The van der Waals surface area contributed by atoms with Gasteiger partial charge < -0.3 is 10.2 Å². The Kier molecular flexibility index (Phi) is 7.28. The number of likely N-dealkylation sites (N-methyl/N-ethyl adjacent to an activating group) is 1. The molecule has 6 nitrogen and oxygen atoms in total. The van der Waals surface area contributed by atoms with Gasteiger partial charge in [0.15, 0.2) is 0 Å². The molecule has 0 radical (unpaired) electrons. The number of sulfonamides is 1. The summed E-state index contributed by atoms with van der Waals surface area (Å²) in [6.07, 6.45) is 1.94. The van der Waals surface area contributed by atoms with Crippen molar-refractivity contribution in [3.63, 3.8) is 0 Å². The molecule has 1 N–H and O–H groups in total. The van der Waals surface area contributed by atoms with Gasteiger partial charge in [-0.1, -0.05) is 37.3 Å². The smallest absolute Gasteiger partial charge is 0.251 e. The molecule has 2 atom stereocenters. The van der Waals surface area contributed by atoms with Crippen LogP contribution >= 0.6 is 0 Å². The zero-order valence-corrected chi connectivity index (χ0v) is 18.7. The predicted octanol–water partition coefficient (Wildman–Crippen LogP) is 3.14. The average molecular weight is 430 g/mol. The Morgan fingerprint density at radius 3 is 2.40 bits per heavy atom. The minimum absolute atomic E-state index is 0.160. The Bertz CT molecular complexity index is 943. The first kappa shape index (κ1) is 22.5. The van der Waals surface area contributed by atoms with Gasteiger partial charge in [0.05, 0.1) is 10.9 Å². The van der Waals surface area contributed by atoms with Crippen molar-refractivity contribution in [1.29, 1.82) is 0 Å². The van der Waals surface area contributed by atoms with Gasteiger partial charge in [0.25, 0.3) is 5.91 Å². The second kappa shape index (κ2) is 9.73. The molecule has 0 aromatic heterocycles. The summed E-state index contributed by atoms with van der Waals surface area (Å²) in [6, 6.07) is 15.9. The third kappa shape index (κ3) is 5.47. The molecular formula is C23H31N3O3S. The Morgan fingerprint density at radius 1 is 1.13 bits per heavy atom. The first-order valence-corrected chi connectivity index (χ1v) is 11.8. The number of nitrogens with zero attached hydrogens (tertiary/aromatic N) is 2. The van der Waals surface area contributed by atoms with Crippen molar-refractivity contribution in [1.82, 2.24) is 14.5 Å². The third-order valence-corrected chi connectivity index (χ3v) is 7.31. The molecule has 1 heterocycles. The van der Waals surface area contributed by atoms with Crippen LogP contribution in [0.2, 0.25) is 0 Å². The highest BCUT2D eigenvalue weighted by Crippen LogP contribution is 2.24. The van der Waals surface area contributed by atoms with E-state index in [0.717, 1.165) is 18.4 Å². The minimum Gasteiger partial charge on any atom is -0.344 e. The average Bonchev–Trinajstić information content (AvgIpc) is 2.73. The van der Waals surface area contributed by atoms with Crippen molar-refractivity contribution in [2.75, 3.05) is 33.7 Å². The standard InChI is InChI=1S/C23H31N3O3S/c1-18-8-7-15-26(16-18)30(28,29)21-13-11-20(12-14-21)23(27)24-22(17-25(2)3)19-9-5-4-6-10-19/h4-6,9-14,18,22H,7-8,15-17H2,1-3H3,(H,24,27)/t18-,22+/m0/s1. The van der Waals surface area contributed by atoms with Gasteiger partial charge in [-0.3, -0.25) is 4.79 Å². The van der Waals surface area contributed by atoms with Crippen LogP contribution in [0, 0.1) is 5.92 Å². The zero-order valence-electron chi connectivity index (χ0n) is 17.9. The summed E-state index contributed by atoms with van der Waals surface area (Å²) >= 11 is 0. The Hall–Kier alpha value is -2.22. The van der Waals surface area contributed by atoms with Crippen LogP contribution in [-0.4, -0.2) is 57.3 Å². The number of carbonyl (C=O) groups is 1. The van der Waals surface area contributed by atoms with Crippen LogP contribution in [0.3, 0.4) is 0 Å². The van der Waals surface area contributed by atoms with Crippen molar-refractivity contribution >= 4 is 15.9 Å². The third-order valence-electron chi connectivity index (χ3n) is 5.43. The summed E-state index contributed by atoms with van der Waals surface area (Å²) in [5.41, 5.74) is 1.47. The van der Waals surface area contributed by atoms with E-state index in [2.05, 4.69) is 12.2 Å². The largest absolute Gasteiger partial charge is 0.344 e. The van der Waals surface area contributed by atoms with E-state index in [0.29, 0.717) is 31.1 Å². The topological polar surface area (TPSA) is 69.7 Å². The first-order chi connectivity index (χ1) is 14.3. The molecule has 0 bridgehead atoms. The molecule has 1 saturated heterocycles. The van der Waals surface area contributed by atoms with E-state index >= 15 is 0 Å². The van der Waals surface area contributed by atoms with E-state index in [1.54, 1.807) is 16.4 Å². The van der Waals surface area contributed by atoms with E-state index < -0.39 is 10.0 Å². The van der Waals surface area contributed by atoms with Crippen molar-refractivity contribution in [2.45, 2.75) is 30.7 Å². The number of hydrogen-bond donors (Lipinski definition) is 1. The maximum Gasteiger partial charge on any atom is 0.251 e. The lowest BCUT2D eigenvalue weighted by molar-refractivity contribution is 0.0930. The molecule has 1 aliphatic rings. The van der Waals surface area contributed by atoms with Crippen molar-refractivity contribution in [2.24, 2.45) is 5.92 Å². The fourth-order valence-corrected chi connectivity index (χ4v) is 5.42. The Labute approximate surface area is 179 Å². The highest BCUT2D eigenvalue weighted by atomic mass is 32.2. The van der Waals surface area contributed by atoms with Gasteiger partial charge in [-0.05, 0) is 62.7 Å². The summed E-state index contributed by atoms with van der Waals surface area (Å²) in [7, 11) is 0.399. The summed E-state index contributed by atoms with van der Waals surface area (Å²) in [5.74, 6) is 0.145. The lowest BCUT2D eigenvalue weighted by Crippen LogP contribution is -2.39. The van der Waals surface area contributed by atoms with E-state index in [1.807, 2.05) is 49.3 Å². The quantitative estimate of drug-likeness (QED) is 0.734. The van der Waals surface area contributed by atoms with Crippen molar-refractivity contribution in [3.05, 3.63) is 65.7 Å². The van der Waals surface area contributed by atoms with Gasteiger partial charge >= 0.3 is 0 Å². The first-order valence-electron chi connectivity index (χ1n) is 10.4. The molecule has 30 heavy (non-hydrogen) atoms. The molecule has 0 unspecified atom stereocenters. The van der Waals surface area contributed by atoms with Crippen LogP contribution in [0.1, 0.15) is 41.7 Å².